The van der Waals surface area contributed by atoms with Crippen molar-refractivity contribution in [2.24, 2.45) is 5.73 Å². The van der Waals surface area contributed by atoms with Gasteiger partial charge in [-0.3, -0.25) is 4.90 Å². The Kier molecular flexibility index (Phi) is 7.09. The molecule has 1 aliphatic rings. The predicted molar refractivity (Wildman–Crippen MR) is 73.2 cm³/mol. The Labute approximate surface area is 107 Å². The number of nitrogens with two attached hydrogens (primary N) is 1. The summed E-state index contributed by atoms with van der Waals surface area (Å²) in [4.78, 5) is 2.59. The molecule has 0 aromatic heterocycles. The van der Waals surface area contributed by atoms with Gasteiger partial charge < -0.3 is 10.5 Å². The van der Waals surface area contributed by atoms with Crippen LogP contribution in [-0.4, -0.2) is 43.3 Å². The Morgan fingerprint density at radius 1 is 1.06 bits per heavy atom. The quantitative estimate of drug-likeness (QED) is 0.631. The van der Waals surface area contributed by atoms with E-state index in [9.17, 15) is 0 Å². The molecule has 2 N–H and O–H groups in total. The molecule has 3 nitrogen and oxygen atoms in total. The Bertz CT molecular complexity index is 191. The first kappa shape index (κ1) is 14.9. The lowest BCUT2D eigenvalue weighted by Crippen LogP contribution is -2.53. The number of ether oxygens (including phenoxy) is 1. The minimum absolute atomic E-state index is 0.283. The molecule has 0 aromatic carbocycles. The van der Waals surface area contributed by atoms with Gasteiger partial charge in [0.1, 0.15) is 0 Å². The maximum Gasteiger partial charge on any atom is 0.0593 e. The minimum atomic E-state index is 0.283. The molecule has 0 spiro atoms. The summed E-state index contributed by atoms with van der Waals surface area (Å²) in [6.07, 6.45) is 7.54. The lowest BCUT2D eigenvalue weighted by molar-refractivity contribution is 0.0473. The van der Waals surface area contributed by atoms with Gasteiger partial charge in [-0.25, -0.2) is 0 Å². The van der Waals surface area contributed by atoms with E-state index in [1.165, 1.54) is 32.1 Å². The molecule has 1 fully saturated rings. The zero-order valence-electron chi connectivity index (χ0n) is 11.7. The highest BCUT2D eigenvalue weighted by atomic mass is 16.5. The van der Waals surface area contributed by atoms with Gasteiger partial charge >= 0.3 is 0 Å². The molecule has 1 aliphatic carbocycles. The highest BCUT2D eigenvalue weighted by Crippen LogP contribution is 2.34. The van der Waals surface area contributed by atoms with Crippen molar-refractivity contribution >= 4 is 0 Å². The average molecular weight is 242 g/mol. The maximum absolute atomic E-state index is 6.05. The summed E-state index contributed by atoms with van der Waals surface area (Å²) in [6, 6.07) is 0. The number of nitrogens with zero attached hydrogens (tertiary/aromatic N) is 1. The Morgan fingerprint density at radius 3 is 2.29 bits per heavy atom. The molecule has 0 atom stereocenters. The molecule has 0 aliphatic heterocycles. The van der Waals surface area contributed by atoms with Crippen LogP contribution in [0.1, 0.15) is 52.4 Å². The van der Waals surface area contributed by atoms with Crippen molar-refractivity contribution in [2.45, 2.75) is 57.9 Å². The van der Waals surface area contributed by atoms with Crippen molar-refractivity contribution in [2.75, 3.05) is 32.8 Å². The highest BCUT2D eigenvalue weighted by Gasteiger charge is 2.37. The van der Waals surface area contributed by atoms with Gasteiger partial charge in [0, 0.05) is 25.2 Å². The van der Waals surface area contributed by atoms with Crippen LogP contribution in [0, 0.1) is 0 Å². The summed E-state index contributed by atoms with van der Waals surface area (Å²) < 4.78 is 5.63. The molecule has 102 valence electrons. The number of hydrogen-bond donors (Lipinski definition) is 1. The molecule has 1 rings (SSSR count). The second-order valence-electron chi connectivity index (χ2n) is 5.23. The third-order valence-corrected chi connectivity index (χ3v) is 3.93. The third-order valence-electron chi connectivity index (χ3n) is 3.93. The number of rotatable bonds is 9. The molecule has 0 unspecified atom stereocenters. The van der Waals surface area contributed by atoms with Gasteiger partial charge in [0.2, 0.25) is 0 Å². The first-order valence-corrected chi connectivity index (χ1v) is 7.32. The van der Waals surface area contributed by atoms with Gasteiger partial charge in [-0.15, -0.1) is 0 Å². The molecular weight excluding hydrogens is 212 g/mol. The molecule has 3 heteroatoms. The SMILES string of the molecule is CCCOCCN(CCC)C1(CN)CCCC1. The van der Waals surface area contributed by atoms with E-state index in [4.69, 9.17) is 10.5 Å². The second kappa shape index (κ2) is 8.06. The van der Waals surface area contributed by atoms with Crippen LogP contribution < -0.4 is 5.73 Å². The molecule has 0 aromatic rings. The lowest BCUT2D eigenvalue weighted by atomic mass is 9.95. The topological polar surface area (TPSA) is 38.5 Å². The van der Waals surface area contributed by atoms with Crippen molar-refractivity contribution in [1.29, 1.82) is 0 Å². The predicted octanol–water partition coefficient (Wildman–Crippen LogP) is 2.40. The van der Waals surface area contributed by atoms with E-state index in [-0.39, 0.29) is 5.54 Å². The van der Waals surface area contributed by atoms with Crippen LogP contribution in [0.15, 0.2) is 0 Å². The standard InChI is InChI=1S/C14H30N2O/c1-3-9-16(10-12-17-11-4-2)14(13-15)7-5-6-8-14/h3-13,15H2,1-2H3. The van der Waals surface area contributed by atoms with E-state index >= 15 is 0 Å². The van der Waals surface area contributed by atoms with E-state index in [0.29, 0.717) is 0 Å². The van der Waals surface area contributed by atoms with Crippen LogP contribution in [0.4, 0.5) is 0 Å². The summed E-state index contributed by atoms with van der Waals surface area (Å²) in [5, 5.41) is 0. The van der Waals surface area contributed by atoms with Crippen LogP contribution in [0.3, 0.4) is 0 Å². The van der Waals surface area contributed by atoms with Gasteiger partial charge in [0.25, 0.3) is 0 Å². The fourth-order valence-electron chi connectivity index (χ4n) is 2.96. The molecule has 0 amide bonds. The van der Waals surface area contributed by atoms with E-state index < -0.39 is 0 Å². The van der Waals surface area contributed by atoms with Crippen molar-refractivity contribution < 1.29 is 4.74 Å². The van der Waals surface area contributed by atoms with Gasteiger partial charge in [-0.05, 0) is 32.2 Å². The van der Waals surface area contributed by atoms with Crippen LogP contribution in [0.2, 0.25) is 0 Å². The molecule has 0 bridgehead atoms. The third kappa shape index (κ3) is 4.23. The van der Waals surface area contributed by atoms with Gasteiger partial charge in [-0.2, -0.15) is 0 Å². The Balaban J connectivity index is 2.45. The molecule has 0 saturated heterocycles. The highest BCUT2D eigenvalue weighted by molar-refractivity contribution is 4.95. The van der Waals surface area contributed by atoms with Crippen molar-refractivity contribution in [3.05, 3.63) is 0 Å². The summed E-state index contributed by atoms with van der Waals surface area (Å²) in [7, 11) is 0. The van der Waals surface area contributed by atoms with Crippen LogP contribution in [-0.2, 0) is 4.74 Å². The van der Waals surface area contributed by atoms with E-state index in [0.717, 1.165) is 39.3 Å². The van der Waals surface area contributed by atoms with Gasteiger partial charge in [0.05, 0.1) is 6.61 Å². The zero-order chi connectivity index (χ0) is 12.6. The largest absolute Gasteiger partial charge is 0.380 e. The van der Waals surface area contributed by atoms with Crippen LogP contribution in [0.25, 0.3) is 0 Å². The van der Waals surface area contributed by atoms with E-state index in [2.05, 4.69) is 18.7 Å². The summed E-state index contributed by atoms with van der Waals surface area (Å²) in [6.45, 7) is 9.16. The Morgan fingerprint density at radius 2 is 1.76 bits per heavy atom. The maximum atomic E-state index is 6.05. The van der Waals surface area contributed by atoms with E-state index in [1.807, 2.05) is 0 Å². The molecule has 0 radical (unpaired) electrons. The molecule has 1 saturated carbocycles. The number of hydrogen-bond acceptors (Lipinski definition) is 3. The molecule has 17 heavy (non-hydrogen) atoms. The summed E-state index contributed by atoms with van der Waals surface area (Å²) >= 11 is 0. The fourth-order valence-corrected chi connectivity index (χ4v) is 2.96. The minimum Gasteiger partial charge on any atom is -0.380 e. The first-order valence-electron chi connectivity index (χ1n) is 7.32. The van der Waals surface area contributed by atoms with Crippen molar-refractivity contribution in [1.82, 2.24) is 4.90 Å². The normalized spacial score (nSPS) is 19.1. The lowest BCUT2D eigenvalue weighted by Gasteiger charge is -2.40. The average Bonchev–Trinajstić information content (AvgIpc) is 2.83. The first-order chi connectivity index (χ1) is 8.29. The zero-order valence-corrected chi connectivity index (χ0v) is 11.7. The molecule has 0 heterocycles. The Hall–Kier alpha value is -0.120. The smallest absolute Gasteiger partial charge is 0.0593 e. The monoisotopic (exact) mass is 242 g/mol. The van der Waals surface area contributed by atoms with Gasteiger partial charge in [-0.1, -0.05) is 26.7 Å². The van der Waals surface area contributed by atoms with Crippen molar-refractivity contribution in [3.8, 4) is 0 Å². The second-order valence-corrected chi connectivity index (χ2v) is 5.23. The molecular formula is C14H30N2O. The van der Waals surface area contributed by atoms with Crippen LogP contribution >= 0.6 is 0 Å². The fraction of sp³-hybridized carbons (Fsp3) is 1.00. The van der Waals surface area contributed by atoms with E-state index in [1.54, 1.807) is 0 Å². The van der Waals surface area contributed by atoms with Crippen molar-refractivity contribution in [3.63, 3.8) is 0 Å². The summed E-state index contributed by atoms with van der Waals surface area (Å²) in [5.74, 6) is 0. The van der Waals surface area contributed by atoms with Gasteiger partial charge in [0.15, 0.2) is 0 Å². The van der Waals surface area contributed by atoms with Crippen LogP contribution in [0.5, 0.6) is 0 Å². The summed E-state index contributed by atoms with van der Waals surface area (Å²) in [5.41, 5.74) is 6.33.